The van der Waals surface area contributed by atoms with Gasteiger partial charge >= 0.3 is 7.82 Å². The zero-order valence-electron chi connectivity index (χ0n) is 15.7. The van der Waals surface area contributed by atoms with Crippen molar-refractivity contribution in [1.82, 2.24) is 0 Å². The highest BCUT2D eigenvalue weighted by Crippen LogP contribution is 2.46. The first-order valence-electron chi connectivity index (χ1n) is 9.49. The number of unbranched alkanes of at least 4 members (excludes halogenated alkanes) is 8. The third-order valence-corrected chi connectivity index (χ3v) is 4.95. The summed E-state index contributed by atoms with van der Waals surface area (Å²) in [6.07, 6.45) is 13.6. The van der Waals surface area contributed by atoms with Gasteiger partial charge in [0.2, 0.25) is 0 Å². The molecule has 0 bridgehead atoms. The summed E-state index contributed by atoms with van der Waals surface area (Å²) in [5, 5.41) is 0. The van der Waals surface area contributed by atoms with Gasteiger partial charge in [-0.3, -0.25) is 4.89 Å². The molecule has 0 aliphatic rings. The zero-order valence-corrected chi connectivity index (χ0v) is 16.5. The quantitative estimate of drug-likeness (QED) is 0.218. The minimum Gasteiger partial charge on any atom is -0.400 e. The Labute approximate surface area is 152 Å². The summed E-state index contributed by atoms with van der Waals surface area (Å²) in [5.74, 6) is 0.844. The lowest BCUT2D eigenvalue weighted by Crippen LogP contribution is -1.98. The number of hydrogen-bond acceptors (Lipinski definition) is 3. The normalized spacial score (nSPS) is 14.1. The van der Waals surface area contributed by atoms with Crippen LogP contribution in [0.3, 0.4) is 0 Å². The first-order valence-corrected chi connectivity index (χ1v) is 11.0. The van der Waals surface area contributed by atoms with Crippen molar-refractivity contribution in [3.63, 3.8) is 0 Å². The Kier molecular flexibility index (Phi) is 11.3. The highest BCUT2D eigenvalue weighted by molar-refractivity contribution is 7.48. The van der Waals surface area contributed by atoms with Gasteiger partial charge in [0.25, 0.3) is 0 Å². The van der Waals surface area contributed by atoms with Gasteiger partial charge in [-0.15, -0.1) is 0 Å². The molecule has 0 saturated heterocycles. The lowest BCUT2D eigenvalue weighted by Gasteiger charge is -2.16. The zero-order chi connectivity index (χ0) is 18.4. The molecule has 0 aliphatic heterocycles. The molecule has 0 fully saturated rings. The molecule has 5 heteroatoms. The van der Waals surface area contributed by atoms with E-state index in [9.17, 15) is 9.46 Å². The van der Waals surface area contributed by atoms with Gasteiger partial charge in [0.15, 0.2) is 0 Å². The number of benzene rings is 1. The van der Waals surface area contributed by atoms with E-state index >= 15 is 0 Å². The maximum Gasteiger partial charge on any atom is 0.584 e. The second kappa shape index (κ2) is 13.0. The molecule has 25 heavy (non-hydrogen) atoms. The minimum atomic E-state index is -4.13. The maximum atomic E-state index is 12.1. The number of allylic oxidation sites excluding steroid dienone is 2. The molecule has 1 atom stereocenters. The fraction of sp³-hybridized carbons (Fsp3) is 0.600. The van der Waals surface area contributed by atoms with Crippen molar-refractivity contribution in [2.45, 2.75) is 78.1 Å². The number of para-hydroxylation sites is 1. The summed E-state index contributed by atoms with van der Waals surface area (Å²) in [6.45, 7) is 4.04. The van der Waals surface area contributed by atoms with Crippen molar-refractivity contribution >= 4 is 7.82 Å². The van der Waals surface area contributed by atoms with E-state index in [4.69, 9.17) is 9.05 Å². The standard InChI is InChI=1S/C20H33O4P/c1-3-5-6-7-8-9-10-11-13-16-19(4-2)23-25(21,22)24-20-17-14-12-15-18-20/h4,12,14-15,17-18H,3,5-11,13,16H2,1-2H3,(H,21,22)/b19-4-. The molecule has 1 unspecified atom stereocenters. The Morgan fingerprint density at radius 3 is 2.12 bits per heavy atom. The Balaban J connectivity index is 2.20. The van der Waals surface area contributed by atoms with Gasteiger partial charge in [0.1, 0.15) is 11.5 Å². The Bertz CT molecular complexity index is 528. The average molecular weight is 368 g/mol. The molecule has 1 N–H and O–H groups in total. The fourth-order valence-electron chi connectivity index (χ4n) is 2.63. The maximum absolute atomic E-state index is 12.1. The summed E-state index contributed by atoms with van der Waals surface area (Å²) in [7, 11) is -4.13. The summed E-state index contributed by atoms with van der Waals surface area (Å²) in [4.78, 5) is 9.88. The van der Waals surface area contributed by atoms with Crippen LogP contribution in [-0.2, 0) is 9.09 Å². The molecule has 0 aromatic heterocycles. The lowest BCUT2D eigenvalue weighted by molar-refractivity contribution is 0.242. The van der Waals surface area contributed by atoms with E-state index in [1.807, 2.05) is 13.0 Å². The van der Waals surface area contributed by atoms with Gasteiger partial charge in [-0.2, -0.15) is 0 Å². The van der Waals surface area contributed by atoms with E-state index in [-0.39, 0.29) is 0 Å². The van der Waals surface area contributed by atoms with Crippen LogP contribution in [0.5, 0.6) is 5.75 Å². The molecule has 0 aliphatic carbocycles. The van der Waals surface area contributed by atoms with Crippen LogP contribution < -0.4 is 4.52 Å². The van der Waals surface area contributed by atoms with Crippen LogP contribution in [0, 0.1) is 0 Å². The van der Waals surface area contributed by atoms with Crippen molar-refractivity contribution in [1.29, 1.82) is 0 Å². The molecule has 142 valence electrons. The van der Waals surface area contributed by atoms with E-state index in [2.05, 4.69) is 6.92 Å². The van der Waals surface area contributed by atoms with E-state index in [0.29, 0.717) is 17.9 Å². The molecule has 0 spiro atoms. The molecule has 0 saturated carbocycles. The number of phosphoric acid groups is 1. The van der Waals surface area contributed by atoms with Crippen molar-refractivity contribution in [2.24, 2.45) is 0 Å². The minimum absolute atomic E-state index is 0.326. The molecule has 1 rings (SSSR count). The third-order valence-electron chi connectivity index (χ3n) is 4.05. The summed E-state index contributed by atoms with van der Waals surface area (Å²) in [5.41, 5.74) is 0. The SMILES string of the molecule is C/C=C(/CCCCCCCCCCC)OP(=O)(O)Oc1ccccc1. The van der Waals surface area contributed by atoms with Gasteiger partial charge in [-0.25, -0.2) is 4.57 Å². The monoisotopic (exact) mass is 368 g/mol. The van der Waals surface area contributed by atoms with Crippen LogP contribution >= 0.6 is 7.82 Å². The Morgan fingerprint density at radius 2 is 1.56 bits per heavy atom. The first-order chi connectivity index (χ1) is 12.1. The summed E-state index contributed by atoms with van der Waals surface area (Å²) < 4.78 is 22.4. The van der Waals surface area contributed by atoms with Crippen molar-refractivity contribution < 1.29 is 18.5 Å². The topological polar surface area (TPSA) is 55.8 Å². The number of rotatable bonds is 14. The molecule has 4 nitrogen and oxygen atoms in total. The first kappa shape index (κ1) is 21.8. The second-order valence-corrected chi connectivity index (χ2v) is 7.60. The molecule has 0 amide bonds. The van der Waals surface area contributed by atoms with E-state index < -0.39 is 7.82 Å². The number of hydrogen-bond donors (Lipinski definition) is 1. The predicted octanol–water partition coefficient (Wildman–Crippen LogP) is 7.01. The van der Waals surface area contributed by atoms with Crippen LogP contribution in [-0.4, -0.2) is 4.89 Å². The summed E-state index contributed by atoms with van der Waals surface area (Å²) in [6, 6.07) is 8.56. The van der Waals surface area contributed by atoms with E-state index in [1.165, 1.54) is 44.9 Å². The van der Waals surface area contributed by atoms with Gasteiger partial charge in [0, 0.05) is 6.42 Å². The summed E-state index contributed by atoms with van der Waals surface area (Å²) >= 11 is 0. The smallest absolute Gasteiger partial charge is 0.400 e. The van der Waals surface area contributed by atoms with Gasteiger partial charge in [0.05, 0.1) is 0 Å². The van der Waals surface area contributed by atoms with Crippen LogP contribution in [0.4, 0.5) is 0 Å². The van der Waals surface area contributed by atoms with Crippen LogP contribution in [0.15, 0.2) is 42.2 Å². The molecular weight excluding hydrogens is 335 g/mol. The Hall–Kier alpha value is -1.25. The molecule has 1 aromatic rings. The van der Waals surface area contributed by atoms with Crippen LogP contribution in [0.1, 0.15) is 78.1 Å². The molecular formula is C20H33O4P. The molecule has 1 aromatic carbocycles. The van der Waals surface area contributed by atoms with Crippen molar-refractivity contribution in [3.8, 4) is 5.75 Å². The van der Waals surface area contributed by atoms with Crippen molar-refractivity contribution in [3.05, 3.63) is 42.2 Å². The highest BCUT2D eigenvalue weighted by atomic mass is 31.2. The fourth-order valence-corrected chi connectivity index (χ4v) is 3.55. The van der Waals surface area contributed by atoms with Crippen LogP contribution in [0.25, 0.3) is 0 Å². The third kappa shape index (κ3) is 11.1. The van der Waals surface area contributed by atoms with E-state index in [1.54, 1.807) is 30.3 Å². The van der Waals surface area contributed by atoms with Gasteiger partial charge in [-0.1, -0.05) is 76.5 Å². The Morgan fingerprint density at radius 1 is 1.00 bits per heavy atom. The van der Waals surface area contributed by atoms with Crippen molar-refractivity contribution in [2.75, 3.05) is 0 Å². The van der Waals surface area contributed by atoms with Gasteiger partial charge in [-0.05, 0) is 31.6 Å². The second-order valence-electron chi connectivity index (χ2n) is 6.30. The largest absolute Gasteiger partial charge is 0.584 e. The molecule has 0 radical (unpaired) electrons. The predicted molar refractivity (Wildman–Crippen MR) is 104 cm³/mol. The average Bonchev–Trinajstić information content (AvgIpc) is 2.59. The van der Waals surface area contributed by atoms with Gasteiger partial charge < -0.3 is 9.05 Å². The van der Waals surface area contributed by atoms with E-state index in [0.717, 1.165) is 12.8 Å². The number of phosphoric ester groups is 1. The lowest BCUT2D eigenvalue weighted by atomic mass is 10.1. The van der Waals surface area contributed by atoms with Crippen LogP contribution in [0.2, 0.25) is 0 Å². The molecule has 0 heterocycles. The highest BCUT2D eigenvalue weighted by Gasteiger charge is 2.25.